The summed E-state index contributed by atoms with van der Waals surface area (Å²) in [6, 6.07) is 13.7. The Morgan fingerprint density at radius 1 is 0.571 bits per heavy atom. The molecular weight excluding hydrogens is 494 g/mol. The predicted octanol–water partition coefficient (Wildman–Crippen LogP) is 4.94. The summed E-state index contributed by atoms with van der Waals surface area (Å²) in [7, 11) is -6.73. The Morgan fingerprint density at radius 2 is 0.943 bits per heavy atom. The van der Waals surface area contributed by atoms with E-state index >= 15 is 0 Å². The van der Waals surface area contributed by atoms with Crippen LogP contribution in [0.15, 0.2) is 48.5 Å². The zero-order valence-corrected chi connectivity index (χ0v) is 22.6. The molecule has 0 spiro atoms. The van der Waals surface area contributed by atoms with Crippen LogP contribution >= 0.6 is 15.2 Å². The first-order valence-corrected chi connectivity index (χ1v) is 14.8. The van der Waals surface area contributed by atoms with E-state index in [4.69, 9.17) is 32.3 Å². The molecule has 0 heterocycles. The van der Waals surface area contributed by atoms with Crippen LogP contribution in [0, 0.1) is 0 Å². The van der Waals surface area contributed by atoms with Crippen LogP contribution < -0.4 is 20.1 Å². The Kier molecular flexibility index (Phi) is 13.0. The van der Waals surface area contributed by atoms with Crippen molar-refractivity contribution in [2.24, 2.45) is 0 Å². The number of benzene rings is 2. The average molecular weight is 530 g/mol. The summed E-state index contributed by atoms with van der Waals surface area (Å²) in [4.78, 5) is 0. The maximum absolute atomic E-state index is 12.9. The molecule has 11 heteroatoms. The summed E-state index contributed by atoms with van der Waals surface area (Å²) in [5.41, 5.74) is 0. The molecule has 0 amide bonds. The van der Waals surface area contributed by atoms with Crippen LogP contribution in [0.1, 0.15) is 27.7 Å². The van der Waals surface area contributed by atoms with Crippen LogP contribution in [0.5, 0.6) is 11.5 Å². The second kappa shape index (κ2) is 15.4. The fraction of sp³-hybridized carbons (Fsp3) is 0.500. The van der Waals surface area contributed by atoms with E-state index in [0.717, 1.165) is 0 Å². The highest BCUT2D eigenvalue weighted by atomic mass is 31.2. The Hall–Kier alpha value is -1.70. The number of ether oxygens (including phenoxy) is 3. The van der Waals surface area contributed by atoms with E-state index in [0.29, 0.717) is 48.5 Å². The molecule has 0 aliphatic rings. The lowest BCUT2D eigenvalue weighted by atomic mass is 10.3. The molecule has 0 radical (unpaired) electrons. The fourth-order valence-electron chi connectivity index (χ4n) is 3.08. The SMILES string of the molecule is CCOP(=O)(OCC)c1cccc(OCCOCCOc2cccc(P(=O)(OCC)OCC)c2)c1. The summed E-state index contributed by atoms with van der Waals surface area (Å²) < 4.78 is 64.3. The Balaban J connectivity index is 1.77. The van der Waals surface area contributed by atoms with Crippen molar-refractivity contribution < 1.29 is 41.4 Å². The minimum atomic E-state index is -3.37. The van der Waals surface area contributed by atoms with Gasteiger partial charge in [0.25, 0.3) is 0 Å². The van der Waals surface area contributed by atoms with Gasteiger partial charge in [0.15, 0.2) is 0 Å². The van der Waals surface area contributed by atoms with E-state index in [9.17, 15) is 9.13 Å². The highest BCUT2D eigenvalue weighted by molar-refractivity contribution is 7.62. The van der Waals surface area contributed by atoms with Crippen molar-refractivity contribution in [3.8, 4) is 11.5 Å². The predicted molar refractivity (Wildman–Crippen MR) is 136 cm³/mol. The summed E-state index contributed by atoms with van der Waals surface area (Å²) in [5.74, 6) is 1.10. The second-order valence-corrected chi connectivity index (χ2v) is 11.0. The molecule has 0 aliphatic heterocycles. The van der Waals surface area contributed by atoms with Gasteiger partial charge in [-0.3, -0.25) is 9.13 Å². The molecule has 2 rings (SSSR count). The minimum Gasteiger partial charge on any atom is -0.491 e. The first kappa shape index (κ1) is 29.5. The molecule has 196 valence electrons. The first-order chi connectivity index (χ1) is 16.9. The average Bonchev–Trinajstić information content (AvgIpc) is 2.84. The van der Waals surface area contributed by atoms with Gasteiger partial charge in [-0.1, -0.05) is 12.1 Å². The molecule has 0 unspecified atom stereocenters. The second-order valence-electron chi connectivity index (χ2n) is 6.97. The molecule has 9 nitrogen and oxygen atoms in total. The van der Waals surface area contributed by atoms with Crippen molar-refractivity contribution >= 4 is 25.8 Å². The number of rotatable bonds is 18. The van der Waals surface area contributed by atoms with Crippen molar-refractivity contribution in [1.29, 1.82) is 0 Å². The Bertz CT molecular complexity index is 885. The number of hydrogen-bond acceptors (Lipinski definition) is 9. The summed E-state index contributed by atoms with van der Waals surface area (Å²) in [6.07, 6.45) is 0. The summed E-state index contributed by atoms with van der Waals surface area (Å²) >= 11 is 0. The molecule has 0 aromatic heterocycles. The van der Waals surface area contributed by atoms with Gasteiger partial charge < -0.3 is 32.3 Å². The molecule has 2 aromatic rings. The third-order valence-electron chi connectivity index (χ3n) is 4.46. The standard InChI is InChI=1S/C24H36O9P2/c1-5-30-34(25,31-6-2)23-13-9-11-21(19-23)28-17-15-27-16-18-29-22-12-10-14-24(20-22)35(26,32-7-3)33-8-4/h9-14,19-20H,5-8,15-18H2,1-4H3. The highest BCUT2D eigenvalue weighted by Crippen LogP contribution is 2.48. The van der Waals surface area contributed by atoms with Crippen LogP contribution in [0.25, 0.3) is 0 Å². The molecule has 0 N–H and O–H groups in total. The molecule has 0 saturated heterocycles. The molecule has 0 atom stereocenters. The monoisotopic (exact) mass is 530 g/mol. The van der Waals surface area contributed by atoms with Gasteiger partial charge in [-0.2, -0.15) is 0 Å². The van der Waals surface area contributed by atoms with Crippen LogP contribution in [0.4, 0.5) is 0 Å². The van der Waals surface area contributed by atoms with Gasteiger partial charge >= 0.3 is 15.2 Å². The van der Waals surface area contributed by atoms with Crippen molar-refractivity contribution in [3.05, 3.63) is 48.5 Å². The lowest BCUT2D eigenvalue weighted by Gasteiger charge is -2.18. The largest absolute Gasteiger partial charge is 0.491 e. The van der Waals surface area contributed by atoms with Crippen molar-refractivity contribution in [1.82, 2.24) is 0 Å². The van der Waals surface area contributed by atoms with Crippen LogP contribution in [0.2, 0.25) is 0 Å². The lowest BCUT2D eigenvalue weighted by molar-refractivity contribution is 0.0764. The molecule has 0 bridgehead atoms. The number of hydrogen-bond donors (Lipinski definition) is 0. The molecule has 35 heavy (non-hydrogen) atoms. The van der Waals surface area contributed by atoms with Crippen molar-refractivity contribution in [3.63, 3.8) is 0 Å². The molecular formula is C24H36O9P2. The zero-order chi connectivity index (χ0) is 25.6. The van der Waals surface area contributed by atoms with Crippen LogP contribution in [-0.2, 0) is 32.0 Å². The highest BCUT2D eigenvalue weighted by Gasteiger charge is 2.27. The normalized spacial score (nSPS) is 12.0. The smallest absolute Gasteiger partial charge is 0.361 e. The van der Waals surface area contributed by atoms with E-state index in [1.54, 1.807) is 76.2 Å². The van der Waals surface area contributed by atoms with E-state index in [1.165, 1.54) is 0 Å². The van der Waals surface area contributed by atoms with Gasteiger partial charge in [0.05, 0.1) is 50.3 Å². The molecule has 0 aliphatic carbocycles. The summed E-state index contributed by atoms with van der Waals surface area (Å²) in [5, 5.41) is 0.905. The third-order valence-corrected chi connectivity index (χ3v) is 8.67. The minimum absolute atomic E-state index is 0.279. The fourth-order valence-corrected chi connectivity index (χ4v) is 6.29. The topological polar surface area (TPSA) is 98.8 Å². The van der Waals surface area contributed by atoms with E-state index < -0.39 is 15.2 Å². The molecule has 0 fully saturated rings. The summed E-state index contributed by atoms with van der Waals surface area (Å²) in [6.45, 7) is 9.47. The Labute approximate surface area is 208 Å². The maximum atomic E-state index is 12.9. The van der Waals surface area contributed by atoms with Crippen LogP contribution in [-0.4, -0.2) is 52.9 Å². The van der Waals surface area contributed by atoms with Gasteiger partial charge in [0.1, 0.15) is 24.7 Å². The first-order valence-electron chi connectivity index (χ1n) is 11.7. The lowest BCUT2D eigenvalue weighted by Crippen LogP contribution is -2.14. The van der Waals surface area contributed by atoms with Gasteiger partial charge in [-0.25, -0.2) is 0 Å². The quantitative estimate of drug-likeness (QED) is 0.196. The van der Waals surface area contributed by atoms with Gasteiger partial charge in [-0.05, 0) is 64.1 Å². The van der Waals surface area contributed by atoms with E-state index in [1.807, 2.05) is 0 Å². The van der Waals surface area contributed by atoms with E-state index in [2.05, 4.69) is 0 Å². The molecule has 2 aromatic carbocycles. The van der Waals surface area contributed by atoms with Crippen molar-refractivity contribution in [2.45, 2.75) is 27.7 Å². The van der Waals surface area contributed by atoms with Crippen molar-refractivity contribution in [2.75, 3.05) is 52.9 Å². The maximum Gasteiger partial charge on any atom is 0.361 e. The van der Waals surface area contributed by atoms with E-state index in [-0.39, 0.29) is 26.4 Å². The van der Waals surface area contributed by atoms with Gasteiger partial charge in [-0.15, -0.1) is 0 Å². The van der Waals surface area contributed by atoms with Crippen LogP contribution in [0.3, 0.4) is 0 Å². The molecule has 0 saturated carbocycles. The third kappa shape index (κ3) is 9.36. The Morgan fingerprint density at radius 3 is 1.29 bits per heavy atom. The van der Waals surface area contributed by atoms with Gasteiger partial charge in [0, 0.05) is 0 Å². The van der Waals surface area contributed by atoms with Gasteiger partial charge in [0.2, 0.25) is 0 Å². The zero-order valence-electron chi connectivity index (χ0n) is 20.8.